The van der Waals surface area contributed by atoms with Crippen LogP contribution in [0, 0.1) is 0 Å². The van der Waals surface area contributed by atoms with Gasteiger partial charge < -0.3 is 25.7 Å². The second kappa shape index (κ2) is 8.19. The van der Waals surface area contributed by atoms with Gasteiger partial charge in [-0.15, -0.1) is 0 Å². The first-order chi connectivity index (χ1) is 13.0. The fraction of sp³-hybridized carbons (Fsp3) is 0.389. The van der Waals surface area contributed by atoms with E-state index in [2.05, 4.69) is 30.2 Å². The number of amides is 2. The van der Waals surface area contributed by atoms with Crippen LogP contribution in [-0.4, -0.2) is 54.1 Å². The maximum Gasteiger partial charge on any atom is 0.411 e. The molecule has 1 aromatic carbocycles. The van der Waals surface area contributed by atoms with Crippen molar-refractivity contribution in [3.05, 3.63) is 30.2 Å². The molecule has 0 saturated heterocycles. The van der Waals surface area contributed by atoms with Crippen LogP contribution in [0.15, 0.2) is 24.4 Å². The van der Waals surface area contributed by atoms with Gasteiger partial charge in [0.15, 0.2) is 0 Å². The summed E-state index contributed by atoms with van der Waals surface area (Å²) >= 11 is 0. The molecule has 0 fully saturated rings. The number of benzene rings is 1. The highest BCUT2D eigenvalue weighted by molar-refractivity contribution is 5.97. The van der Waals surface area contributed by atoms with Crippen molar-refractivity contribution in [2.24, 2.45) is 5.73 Å². The smallest absolute Gasteiger partial charge is 0.411 e. The number of anilines is 2. The van der Waals surface area contributed by atoms with Crippen LogP contribution in [-0.2, 0) is 9.53 Å². The Morgan fingerprint density at radius 3 is 3.00 bits per heavy atom. The molecule has 2 heterocycles. The predicted molar refractivity (Wildman–Crippen MR) is 102 cm³/mol. The van der Waals surface area contributed by atoms with Crippen molar-refractivity contribution < 1.29 is 14.3 Å². The molecule has 5 N–H and O–H groups in total. The summed E-state index contributed by atoms with van der Waals surface area (Å²) in [6, 6.07) is 4.98. The van der Waals surface area contributed by atoms with Crippen LogP contribution in [0.5, 0.6) is 0 Å². The number of rotatable bonds is 1. The zero-order valence-corrected chi connectivity index (χ0v) is 15.4. The maximum absolute atomic E-state index is 12.4. The van der Waals surface area contributed by atoms with E-state index in [-0.39, 0.29) is 11.9 Å². The highest BCUT2D eigenvalue weighted by Gasteiger charge is 2.18. The molecule has 1 aliphatic rings. The minimum atomic E-state index is -0.583. The van der Waals surface area contributed by atoms with Gasteiger partial charge in [-0.25, -0.2) is 9.78 Å². The Hall–Kier alpha value is -2.91. The van der Waals surface area contributed by atoms with E-state index in [4.69, 9.17) is 5.73 Å². The molecule has 0 aliphatic carbocycles. The van der Waals surface area contributed by atoms with Crippen molar-refractivity contribution in [1.82, 2.24) is 14.9 Å². The van der Waals surface area contributed by atoms with Crippen LogP contribution in [0.4, 0.5) is 16.2 Å². The number of hydrogen-bond donors (Lipinski definition) is 4. The zero-order chi connectivity index (χ0) is 19.4. The fourth-order valence-corrected chi connectivity index (χ4v) is 2.90. The normalized spacial score (nSPS) is 18.3. The minimum absolute atomic E-state index is 0.113. The number of ether oxygens (including phenoxy) is 1. The zero-order valence-electron chi connectivity index (χ0n) is 15.4. The molecular formula is C18H24N6O3. The minimum Gasteiger partial charge on any atom is -0.453 e. The monoisotopic (exact) mass is 372 g/mol. The molecule has 0 radical (unpaired) electrons. The van der Waals surface area contributed by atoms with Gasteiger partial charge in [0.2, 0.25) is 5.91 Å². The van der Waals surface area contributed by atoms with Crippen molar-refractivity contribution in [3.63, 3.8) is 0 Å². The number of H-pyrrole nitrogens is 1. The third-order valence-electron chi connectivity index (χ3n) is 4.49. The van der Waals surface area contributed by atoms with Crippen molar-refractivity contribution in [3.8, 4) is 11.3 Å². The van der Waals surface area contributed by atoms with Crippen molar-refractivity contribution >= 4 is 23.4 Å². The Bertz CT molecular complexity index is 834. The molecule has 2 amide bonds. The number of nitrogens with one attached hydrogen (secondary N) is 3. The molecule has 1 aliphatic heterocycles. The van der Waals surface area contributed by atoms with Crippen molar-refractivity contribution in [2.75, 3.05) is 37.9 Å². The first kappa shape index (κ1) is 18.9. The first-order valence-corrected chi connectivity index (χ1v) is 8.75. The summed E-state index contributed by atoms with van der Waals surface area (Å²) in [5.41, 5.74) is 8.72. The molecule has 144 valence electrons. The predicted octanol–water partition coefficient (Wildman–Crippen LogP) is 1.92. The number of nitrogens with two attached hydrogens (primary N) is 1. The summed E-state index contributed by atoms with van der Waals surface area (Å²) in [5, 5.41) is 5.52. The molecule has 1 aromatic heterocycles. The van der Waals surface area contributed by atoms with Crippen molar-refractivity contribution in [2.45, 2.75) is 18.9 Å². The number of methoxy groups -OCH3 is 1. The molecule has 0 saturated carbocycles. The number of hydrogen-bond acceptors (Lipinski definition) is 6. The number of imidazole rings is 1. The lowest BCUT2D eigenvalue weighted by Gasteiger charge is -2.18. The Morgan fingerprint density at radius 1 is 1.41 bits per heavy atom. The van der Waals surface area contributed by atoms with Gasteiger partial charge in [-0.1, -0.05) is 0 Å². The lowest BCUT2D eigenvalue weighted by Crippen LogP contribution is -2.27. The van der Waals surface area contributed by atoms with Crippen LogP contribution in [0.3, 0.4) is 0 Å². The summed E-state index contributed by atoms with van der Waals surface area (Å²) in [7, 11) is 3.25. The van der Waals surface area contributed by atoms with E-state index < -0.39 is 6.09 Å². The Kier molecular flexibility index (Phi) is 5.72. The number of aromatic amines is 1. The SMILES string of the molecule is COC(=O)Nc1ccc2c(c1)NC(=O)CCN(C)CC[C@H](N)c1nc-2c[nH]1. The number of carbonyl (C=O) groups excluding carboxylic acids is 2. The summed E-state index contributed by atoms with van der Waals surface area (Å²) < 4.78 is 4.62. The highest BCUT2D eigenvalue weighted by atomic mass is 16.5. The molecule has 27 heavy (non-hydrogen) atoms. The second-order valence-electron chi connectivity index (χ2n) is 6.54. The van der Waals surface area contributed by atoms with E-state index >= 15 is 0 Å². The summed E-state index contributed by atoms with van der Waals surface area (Å²) in [6.45, 7) is 1.39. The van der Waals surface area contributed by atoms with Crippen LogP contribution in [0.2, 0.25) is 0 Å². The van der Waals surface area contributed by atoms with Crippen molar-refractivity contribution in [1.29, 1.82) is 0 Å². The Morgan fingerprint density at radius 2 is 2.22 bits per heavy atom. The summed E-state index contributed by atoms with van der Waals surface area (Å²) in [6.07, 6.45) is 2.27. The molecule has 2 aromatic rings. The fourth-order valence-electron chi connectivity index (χ4n) is 2.90. The van der Waals surface area contributed by atoms with E-state index in [1.54, 1.807) is 24.4 Å². The number of aromatic nitrogens is 2. The third kappa shape index (κ3) is 4.63. The third-order valence-corrected chi connectivity index (χ3v) is 4.49. The molecular weight excluding hydrogens is 348 g/mol. The van der Waals surface area contributed by atoms with Crippen LogP contribution in [0.25, 0.3) is 11.3 Å². The van der Waals surface area contributed by atoms with Gasteiger partial charge in [0.25, 0.3) is 0 Å². The molecule has 9 heteroatoms. The van der Waals surface area contributed by atoms with Gasteiger partial charge in [0.1, 0.15) is 5.82 Å². The van der Waals surface area contributed by atoms with E-state index in [1.165, 1.54) is 7.11 Å². The standard InChI is InChI=1S/C18H24N6O3/c1-24-7-5-13(19)17-20-10-15(23-17)12-4-3-11(21-18(26)27-2)9-14(12)22-16(25)6-8-24/h3-4,9-10,13H,5-8,19H2,1-2H3,(H,20,23)(H,21,26)(H,22,25)/t13-/m0/s1. The lowest BCUT2D eigenvalue weighted by atomic mass is 10.1. The molecule has 2 bridgehead atoms. The quantitative estimate of drug-likeness (QED) is 0.606. The van der Waals surface area contributed by atoms with E-state index in [9.17, 15) is 9.59 Å². The van der Waals surface area contributed by atoms with Crippen LogP contribution in [0.1, 0.15) is 24.7 Å². The van der Waals surface area contributed by atoms with Gasteiger partial charge in [0, 0.05) is 30.4 Å². The van der Waals surface area contributed by atoms with E-state index in [0.717, 1.165) is 18.5 Å². The second-order valence-corrected chi connectivity index (χ2v) is 6.54. The first-order valence-electron chi connectivity index (χ1n) is 8.75. The van der Waals surface area contributed by atoms with Gasteiger partial charge in [-0.2, -0.15) is 0 Å². The highest BCUT2D eigenvalue weighted by Crippen LogP contribution is 2.31. The van der Waals surface area contributed by atoms with Crippen LogP contribution >= 0.6 is 0 Å². The molecule has 9 nitrogen and oxygen atoms in total. The van der Waals surface area contributed by atoms with Crippen LogP contribution < -0.4 is 16.4 Å². The number of carbonyl (C=O) groups is 2. The summed E-state index contributed by atoms with van der Waals surface area (Å²) in [5.74, 6) is 0.587. The topological polar surface area (TPSA) is 125 Å². The molecule has 0 unspecified atom stereocenters. The van der Waals surface area contributed by atoms with Gasteiger partial charge in [-0.3, -0.25) is 10.1 Å². The Balaban J connectivity index is 1.98. The molecule has 1 atom stereocenters. The van der Waals surface area contributed by atoms with Gasteiger partial charge >= 0.3 is 6.09 Å². The largest absolute Gasteiger partial charge is 0.453 e. The van der Waals surface area contributed by atoms with Gasteiger partial charge in [-0.05, 0) is 38.2 Å². The maximum atomic E-state index is 12.4. The molecule has 0 spiro atoms. The number of nitrogens with zero attached hydrogens (tertiary/aromatic N) is 2. The lowest BCUT2D eigenvalue weighted by molar-refractivity contribution is -0.116. The number of fused-ring (bicyclic) bond motifs is 4. The average Bonchev–Trinajstić information content (AvgIpc) is 3.14. The van der Waals surface area contributed by atoms with E-state index in [1.807, 2.05) is 7.05 Å². The average molecular weight is 372 g/mol. The summed E-state index contributed by atoms with van der Waals surface area (Å²) in [4.78, 5) is 33.7. The van der Waals surface area contributed by atoms with Gasteiger partial charge in [0.05, 0.1) is 24.5 Å². The molecule has 3 rings (SSSR count). The van der Waals surface area contributed by atoms with E-state index in [0.29, 0.717) is 35.9 Å². The Labute approximate surface area is 157 Å².